The lowest BCUT2D eigenvalue weighted by Crippen LogP contribution is -2.30. The van der Waals surface area contributed by atoms with E-state index >= 15 is 0 Å². The van der Waals surface area contributed by atoms with Gasteiger partial charge in [-0.3, -0.25) is 14.9 Å². The predicted octanol–water partition coefficient (Wildman–Crippen LogP) is 2.90. The summed E-state index contributed by atoms with van der Waals surface area (Å²) >= 11 is 0. The zero-order valence-electron chi connectivity index (χ0n) is 13.1. The molecule has 2 aromatic heterocycles. The minimum atomic E-state index is -0.482. The van der Waals surface area contributed by atoms with Crippen LogP contribution in [0.5, 0.6) is 0 Å². The summed E-state index contributed by atoms with van der Waals surface area (Å²) in [6, 6.07) is 11.4. The van der Waals surface area contributed by atoms with Gasteiger partial charge in [0.25, 0.3) is 11.6 Å². The lowest BCUT2D eigenvalue weighted by atomic mass is 10.1. The van der Waals surface area contributed by atoms with E-state index in [1.807, 2.05) is 35.7 Å². The van der Waals surface area contributed by atoms with Crippen LogP contribution in [0.2, 0.25) is 0 Å². The van der Waals surface area contributed by atoms with Crippen LogP contribution in [0.15, 0.2) is 54.9 Å². The molecule has 7 heteroatoms. The summed E-state index contributed by atoms with van der Waals surface area (Å²) in [4.78, 5) is 28.9. The number of non-ortho nitro benzene ring substituents is 1. The monoisotopic (exact) mass is 324 g/mol. The lowest BCUT2D eigenvalue weighted by Gasteiger charge is -2.20. The minimum absolute atomic E-state index is 0.0311. The highest BCUT2D eigenvalue weighted by molar-refractivity contribution is 5.94. The van der Waals surface area contributed by atoms with Crippen LogP contribution in [0.25, 0.3) is 5.65 Å². The third-order valence-electron chi connectivity index (χ3n) is 3.84. The Morgan fingerprint density at radius 1 is 1.25 bits per heavy atom. The fourth-order valence-corrected chi connectivity index (χ4v) is 2.53. The second kappa shape index (κ2) is 6.49. The molecule has 0 N–H and O–H groups in total. The maximum absolute atomic E-state index is 12.6. The Kier molecular flexibility index (Phi) is 4.24. The van der Waals surface area contributed by atoms with E-state index in [-0.39, 0.29) is 11.6 Å². The van der Waals surface area contributed by atoms with Crippen molar-refractivity contribution < 1.29 is 9.72 Å². The molecule has 24 heavy (non-hydrogen) atoms. The molecule has 0 unspecified atom stereocenters. The van der Waals surface area contributed by atoms with Crippen molar-refractivity contribution in [1.29, 1.82) is 0 Å². The Balaban J connectivity index is 1.82. The molecule has 3 aromatic rings. The van der Waals surface area contributed by atoms with E-state index in [1.165, 1.54) is 24.3 Å². The van der Waals surface area contributed by atoms with Crippen molar-refractivity contribution in [2.75, 3.05) is 6.54 Å². The summed E-state index contributed by atoms with van der Waals surface area (Å²) in [6.45, 7) is 2.83. The average molecular weight is 324 g/mol. The Labute approximate surface area is 138 Å². The van der Waals surface area contributed by atoms with Crippen molar-refractivity contribution in [3.8, 4) is 0 Å². The molecule has 3 rings (SSSR count). The summed E-state index contributed by atoms with van der Waals surface area (Å²) in [5.41, 5.74) is 2.13. The van der Waals surface area contributed by atoms with Gasteiger partial charge in [0.2, 0.25) is 0 Å². The van der Waals surface area contributed by atoms with Gasteiger partial charge in [0.1, 0.15) is 5.65 Å². The van der Waals surface area contributed by atoms with Gasteiger partial charge in [-0.1, -0.05) is 6.07 Å². The Hall–Kier alpha value is -3.22. The molecule has 0 aliphatic rings. The summed E-state index contributed by atoms with van der Waals surface area (Å²) in [7, 11) is 0. The van der Waals surface area contributed by atoms with Gasteiger partial charge in [-0.2, -0.15) is 0 Å². The number of benzene rings is 1. The largest absolute Gasteiger partial charge is 0.333 e. The standard InChI is InChI=1S/C17H16N4O3/c1-2-19(12-15-11-18-16-5-3-4-10-20(15)16)17(22)13-6-8-14(9-7-13)21(23)24/h3-11H,2,12H2,1H3. The first-order valence-corrected chi connectivity index (χ1v) is 7.55. The van der Waals surface area contributed by atoms with E-state index in [0.717, 1.165) is 11.3 Å². The molecule has 122 valence electrons. The van der Waals surface area contributed by atoms with E-state index in [9.17, 15) is 14.9 Å². The minimum Gasteiger partial charge on any atom is -0.333 e. The second-order valence-corrected chi connectivity index (χ2v) is 5.30. The SMILES string of the molecule is CCN(Cc1cnc2ccccn12)C(=O)c1ccc([N+](=O)[O-])cc1. The normalized spacial score (nSPS) is 10.7. The quantitative estimate of drug-likeness (QED) is 0.534. The highest BCUT2D eigenvalue weighted by atomic mass is 16.6. The average Bonchev–Trinajstić information content (AvgIpc) is 3.02. The number of rotatable bonds is 5. The number of carbonyl (C=O) groups excluding carboxylic acids is 1. The lowest BCUT2D eigenvalue weighted by molar-refractivity contribution is -0.384. The number of hydrogen-bond donors (Lipinski definition) is 0. The van der Waals surface area contributed by atoms with Crippen LogP contribution < -0.4 is 0 Å². The zero-order valence-corrected chi connectivity index (χ0v) is 13.1. The first-order chi connectivity index (χ1) is 11.6. The molecule has 0 radical (unpaired) electrons. The molecule has 0 fully saturated rings. The number of aromatic nitrogens is 2. The van der Waals surface area contributed by atoms with Crippen molar-refractivity contribution in [3.05, 3.63) is 76.2 Å². The fourth-order valence-electron chi connectivity index (χ4n) is 2.53. The van der Waals surface area contributed by atoms with Crippen molar-refractivity contribution in [2.45, 2.75) is 13.5 Å². The second-order valence-electron chi connectivity index (χ2n) is 5.30. The number of nitro groups is 1. The van der Waals surface area contributed by atoms with Gasteiger partial charge in [0.05, 0.1) is 23.4 Å². The van der Waals surface area contributed by atoms with Crippen molar-refractivity contribution in [2.24, 2.45) is 0 Å². The van der Waals surface area contributed by atoms with Gasteiger partial charge in [-0.25, -0.2) is 4.98 Å². The van der Waals surface area contributed by atoms with Crippen molar-refractivity contribution >= 4 is 17.2 Å². The Morgan fingerprint density at radius 2 is 2.00 bits per heavy atom. The van der Waals surface area contributed by atoms with Crippen LogP contribution in [0.3, 0.4) is 0 Å². The summed E-state index contributed by atoms with van der Waals surface area (Å²) in [5, 5.41) is 10.7. The van der Waals surface area contributed by atoms with Gasteiger partial charge in [0, 0.05) is 30.4 Å². The summed E-state index contributed by atoms with van der Waals surface area (Å²) in [5.74, 6) is -0.168. The van der Waals surface area contributed by atoms with Crippen LogP contribution in [0, 0.1) is 10.1 Å². The zero-order chi connectivity index (χ0) is 17.1. The van der Waals surface area contributed by atoms with Crippen LogP contribution in [-0.2, 0) is 6.54 Å². The number of nitrogens with zero attached hydrogens (tertiary/aromatic N) is 4. The molecule has 0 atom stereocenters. The molecule has 0 bridgehead atoms. The molecule has 2 heterocycles. The molecule has 0 aliphatic carbocycles. The maximum atomic E-state index is 12.6. The molecule has 1 amide bonds. The number of fused-ring (bicyclic) bond motifs is 1. The molecule has 0 saturated heterocycles. The third-order valence-corrected chi connectivity index (χ3v) is 3.84. The fraction of sp³-hybridized carbons (Fsp3) is 0.176. The van der Waals surface area contributed by atoms with E-state index < -0.39 is 4.92 Å². The van der Waals surface area contributed by atoms with Crippen LogP contribution in [0.4, 0.5) is 5.69 Å². The Bertz CT molecular complexity index is 886. The summed E-state index contributed by atoms with van der Waals surface area (Å²) in [6.07, 6.45) is 3.66. The van der Waals surface area contributed by atoms with Crippen LogP contribution in [0.1, 0.15) is 23.0 Å². The number of carbonyl (C=O) groups is 1. The van der Waals surface area contributed by atoms with E-state index in [1.54, 1.807) is 11.1 Å². The van der Waals surface area contributed by atoms with Crippen LogP contribution >= 0.6 is 0 Å². The van der Waals surface area contributed by atoms with Gasteiger partial charge in [0.15, 0.2) is 0 Å². The maximum Gasteiger partial charge on any atom is 0.269 e. The highest BCUT2D eigenvalue weighted by Crippen LogP contribution is 2.15. The van der Waals surface area contributed by atoms with E-state index in [0.29, 0.717) is 18.7 Å². The van der Waals surface area contributed by atoms with Gasteiger partial charge in [-0.15, -0.1) is 0 Å². The van der Waals surface area contributed by atoms with E-state index in [4.69, 9.17) is 0 Å². The Morgan fingerprint density at radius 3 is 2.67 bits per heavy atom. The van der Waals surface area contributed by atoms with Crippen molar-refractivity contribution in [3.63, 3.8) is 0 Å². The molecular formula is C17H16N4O3. The number of pyridine rings is 1. The smallest absolute Gasteiger partial charge is 0.269 e. The topological polar surface area (TPSA) is 80.8 Å². The number of amides is 1. The summed E-state index contributed by atoms with van der Waals surface area (Å²) < 4.78 is 1.94. The molecule has 0 saturated carbocycles. The van der Waals surface area contributed by atoms with Gasteiger partial charge in [-0.05, 0) is 31.2 Å². The number of nitro benzene ring substituents is 1. The number of imidazole rings is 1. The van der Waals surface area contributed by atoms with Crippen LogP contribution in [-0.4, -0.2) is 31.7 Å². The molecule has 1 aromatic carbocycles. The highest BCUT2D eigenvalue weighted by Gasteiger charge is 2.17. The van der Waals surface area contributed by atoms with Gasteiger partial charge >= 0.3 is 0 Å². The predicted molar refractivity (Wildman–Crippen MR) is 88.7 cm³/mol. The van der Waals surface area contributed by atoms with E-state index in [2.05, 4.69) is 4.98 Å². The molecular weight excluding hydrogens is 308 g/mol. The third kappa shape index (κ3) is 2.96. The molecule has 7 nitrogen and oxygen atoms in total. The first-order valence-electron chi connectivity index (χ1n) is 7.55. The first kappa shape index (κ1) is 15.7. The van der Waals surface area contributed by atoms with Gasteiger partial charge < -0.3 is 9.30 Å². The molecule has 0 spiro atoms. The number of hydrogen-bond acceptors (Lipinski definition) is 4. The molecule has 0 aliphatic heterocycles. The van der Waals surface area contributed by atoms with Crippen molar-refractivity contribution in [1.82, 2.24) is 14.3 Å².